The van der Waals surface area contributed by atoms with E-state index < -0.39 is 0 Å². The lowest BCUT2D eigenvalue weighted by molar-refractivity contribution is 0.197. The molecule has 0 aromatic heterocycles. The Labute approximate surface area is 94.1 Å². The van der Waals surface area contributed by atoms with Gasteiger partial charge >= 0.3 is 0 Å². The smallest absolute Gasteiger partial charge is 0.290 e. The van der Waals surface area contributed by atoms with Gasteiger partial charge in [0.05, 0.1) is 5.69 Å². The second-order valence-corrected chi connectivity index (χ2v) is 3.85. The maximum absolute atomic E-state index is 5.92. The molecular formula is C11H13ClN2O. The summed E-state index contributed by atoms with van der Waals surface area (Å²) in [5.74, 6) is 0. The number of hydrogen-bond donors (Lipinski definition) is 1. The minimum Gasteiger partial charge on any atom is -0.457 e. The topological polar surface area (TPSA) is 33.6 Å². The van der Waals surface area contributed by atoms with Crippen LogP contribution in [0.4, 0.5) is 5.69 Å². The van der Waals surface area contributed by atoms with Gasteiger partial charge in [-0.15, -0.1) is 0 Å². The second kappa shape index (κ2) is 4.11. The lowest BCUT2D eigenvalue weighted by atomic mass is 10.1. The average Bonchev–Trinajstić information content (AvgIpc) is 2.20. The van der Waals surface area contributed by atoms with Crippen molar-refractivity contribution in [1.29, 1.82) is 0 Å². The standard InChI is InChI=1S/C11H13ClN2O/c1-3-13-11-14-10-5-4-8(12)6-9(10)7(2)15-11/h4-7H,3H2,1-2H3,(H,13,14)/t7-/m0/s1. The molecule has 1 aromatic carbocycles. The van der Waals surface area contributed by atoms with Gasteiger partial charge in [0, 0.05) is 17.1 Å². The molecule has 0 bridgehead atoms. The third-order valence-corrected chi connectivity index (χ3v) is 2.50. The molecule has 1 aliphatic heterocycles. The van der Waals surface area contributed by atoms with Crippen molar-refractivity contribution in [3.8, 4) is 0 Å². The summed E-state index contributed by atoms with van der Waals surface area (Å²) < 4.78 is 5.59. The van der Waals surface area contributed by atoms with Crippen LogP contribution in [0.2, 0.25) is 5.02 Å². The van der Waals surface area contributed by atoms with Crippen LogP contribution in [-0.2, 0) is 4.74 Å². The number of aliphatic imine (C=N–C) groups is 1. The monoisotopic (exact) mass is 224 g/mol. The van der Waals surface area contributed by atoms with Crippen LogP contribution in [0.25, 0.3) is 0 Å². The SMILES string of the molecule is CCNC1=Nc2ccc(Cl)cc2[C@H](C)O1. The van der Waals surface area contributed by atoms with E-state index in [0.29, 0.717) is 11.0 Å². The Morgan fingerprint density at radius 2 is 2.33 bits per heavy atom. The molecule has 0 saturated carbocycles. The predicted octanol–water partition coefficient (Wildman–Crippen LogP) is 3.03. The normalized spacial score (nSPS) is 18.9. The predicted molar refractivity (Wildman–Crippen MR) is 61.7 cm³/mol. The van der Waals surface area contributed by atoms with Crippen molar-refractivity contribution in [3.63, 3.8) is 0 Å². The highest BCUT2D eigenvalue weighted by Gasteiger charge is 2.19. The van der Waals surface area contributed by atoms with E-state index in [0.717, 1.165) is 17.8 Å². The molecule has 1 atom stereocenters. The van der Waals surface area contributed by atoms with Gasteiger partial charge in [-0.2, -0.15) is 4.99 Å². The highest BCUT2D eigenvalue weighted by molar-refractivity contribution is 6.30. The van der Waals surface area contributed by atoms with Gasteiger partial charge in [0.2, 0.25) is 0 Å². The number of amidine groups is 1. The summed E-state index contributed by atoms with van der Waals surface area (Å²) in [6, 6.07) is 6.23. The Kier molecular flexibility index (Phi) is 2.82. The van der Waals surface area contributed by atoms with Crippen LogP contribution >= 0.6 is 11.6 Å². The molecule has 2 rings (SSSR count). The first-order valence-electron chi connectivity index (χ1n) is 4.99. The molecule has 0 fully saturated rings. The van der Waals surface area contributed by atoms with Gasteiger partial charge in [0.25, 0.3) is 6.02 Å². The van der Waals surface area contributed by atoms with E-state index in [-0.39, 0.29) is 6.10 Å². The Hall–Kier alpha value is -1.22. The fourth-order valence-electron chi connectivity index (χ4n) is 1.55. The molecule has 0 aliphatic carbocycles. The molecule has 3 nitrogen and oxygen atoms in total. The van der Waals surface area contributed by atoms with E-state index in [1.165, 1.54) is 0 Å². The van der Waals surface area contributed by atoms with Gasteiger partial charge in [0.15, 0.2) is 0 Å². The third kappa shape index (κ3) is 2.07. The first kappa shape index (κ1) is 10.3. The molecule has 0 spiro atoms. The number of benzene rings is 1. The van der Waals surface area contributed by atoms with Crippen LogP contribution in [0, 0.1) is 0 Å². The summed E-state index contributed by atoms with van der Waals surface area (Å²) in [4.78, 5) is 4.35. The molecule has 1 aromatic rings. The van der Waals surface area contributed by atoms with E-state index in [4.69, 9.17) is 16.3 Å². The highest BCUT2D eigenvalue weighted by atomic mass is 35.5. The lowest BCUT2D eigenvalue weighted by Crippen LogP contribution is -2.28. The average molecular weight is 225 g/mol. The van der Waals surface area contributed by atoms with Crippen molar-refractivity contribution in [2.24, 2.45) is 4.99 Å². The number of rotatable bonds is 1. The van der Waals surface area contributed by atoms with Crippen molar-refractivity contribution >= 4 is 23.3 Å². The zero-order valence-corrected chi connectivity index (χ0v) is 9.51. The van der Waals surface area contributed by atoms with Gasteiger partial charge in [-0.05, 0) is 32.0 Å². The van der Waals surface area contributed by atoms with Crippen LogP contribution < -0.4 is 5.32 Å². The van der Waals surface area contributed by atoms with E-state index in [2.05, 4.69) is 10.3 Å². The Bertz CT molecular complexity index is 404. The molecule has 1 N–H and O–H groups in total. The fourth-order valence-corrected chi connectivity index (χ4v) is 1.73. The first-order chi connectivity index (χ1) is 7.20. The molecule has 0 amide bonds. The molecule has 0 saturated heterocycles. The molecule has 0 radical (unpaired) electrons. The fraction of sp³-hybridized carbons (Fsp3) is 0.364. The molecule has 1 aliphatic rings. The molecule has 4 heteroatoms. The van der Waals surface area contributed by atoms with Crippen LogP contribution in [0.1, 0.15) is 25.5 Å². The maximum Gasteiger partial charge on any atom is 0.290 e. The molecule has 0 unspecified atom stereocenters. The summed E-state index contributed by atoms with van der Waals surface area (Å²) in [5.41, 5.74) is 1.96. The van der Waals surface area contributed by atoms with Crippen LogP contribution in [0.15, 0.2) is 23.2 Å². The van der Waals surface area contributed by atoms with Crippen molar-refractivity contribution in [3.05, 3.63) is 28.8 Å². The number of hydrogen-bond acceptors (Lipinski definition) is 3. The number of nitrogens with zero attached hydrogens (tertiary/aromatic N) is 1. The van der Waals surface area contributed by atoms with Gasteiger partial charge in [-0.3, -0.25) is 0 Å². The number of ether oxygens (including phenoxy) is 1. The van der Waals surface area contributed by atoms with Crippen molar-refractivity contribution in [1.82, 2.24) is 5.32 Å². The summed E-state index contributed by atoms with van der Waals surface area (Å²) in [6.07, 6.45) is -0.00903. The number of halogens is 1. The van der Waals surface area contributed by atoms with E-state index >= 15 is 0 Å². The first-order valence-corrected chi connectivity index (χ1v) is 5.37. The Balaban J connectivity index is 2.38. The maximum atomic E-state index is 5.92. The largest absolute Gasteiger partial charge is 0.457 e. The van der Waals surface area contributed by atoms with Crippen molar-refractivity contribution in [2.45, 2.75) is 20.0 Å². The molecular weight excluding hydrogens is 212 g/mol. The number of fused-ring (bicyclic) bond motifs is 1. The summed E-state index contributed by atoms with van der Waals surface area (Å²) in [7, 11) is 0. The zero-order valence-electron chi connectivity index (χ0n) is 8.75. The van der Waals surface area contributed by atoms with E-state index in [1.54, 1.807) is 0 Å². The van der Waals surface area contributed by atoms with E-state index in [1.807, 2.05) is 32.0 Å². The third-order valence-electron chi connectivity index (χ3n) is 2.27. The van der Waals surface area contributed by atoms with Gasteiger partial charge < -0.3 is 10.1 Å². The second-order valence-electron chi connectivity index (χ2n) is 3.41. The van der Waals surface area contributed by atoms with Crippen LogP contribution in [0.3, 0.4) is 0 Å². The zero-order chi connectivity index (χ0) is 10.8. The van der Waals surface area contributed by atoms with Gasteiger partial charge in [-0.1, -0.05) is 11.6 Å². The van der Waals surface area contributed by atoms with Gasteiger partial charge in [-0.25, -0.2) is 0 Å². The lowest BCUT2D eigenvalue weighted by Gasteiger charge is -2.23. The Morgan fingerprint density at radius 3 is 3.07 bits per heavy atom. The summed E-state index contributed by atoms with van der Waals surface area (Å²) in [6.45, 7) is 4.80. The summed E-state index contributed by atoms with van der Waals surface area (Å²) in [5, 5.41) is 3.78. The Morgan fingerprint density at radius 1 is 1.53 bits per heavy atom. The van der Waals surface area contributed by atoms with Crippen LogP contribution in [-0.4, -0.2) is 12.6 Å². The van der Waals surface area contributed by atoms with Crippen LogP contribution in [0.5, 0.6) is 0 Å². The van der Waals surface area contributed by atoms with Crippen molar-refractivity contribution < 1.29 is 4.74 Å². The molecule has 80 valence electrons. The quantitative estimate of drug-likeness (QED) is 0.796. The summed E-state index contributed by atoms with van der Waals surface area (Å²) >= 11 is 5.92. The number of nitrogens with one attached hydrogen (secondary N) is 1. The minimum absolute atomic E-state index is 0.00903. The highest BCUT2D eigenvalue weighted by Crippen LogP contribution is 2.33. The van der Waals surface area contributed by atoms with E-state index in [9.17, 15) is 0 Å². The molecule has 1 heterocycles. The van der Waals surface area contributed by atoms with Crippen molar-refractivity contribution in [2.75, 3.05) is 6.54 Å². The van der Waals surface area contributed by atoms with Gasteiger partial charge in [0.1, 0.15) is 6.10 Å². The molecule has 15 heavy (non-hydrogen) atoms. The minimum atomic E-state index is -0.00903.